The van der Waals surface area contributed by atoms with E-state index < -0.39 is 6.10 Å². The maximum absolute atomic E-state index is 9.93. The monoisotopic (exact) mass is 293 g/mol. The molecule has 0 heterocycles. The van der Waals surface area contributed by atoms with Crippen LogP contribution in [0.4, 0.5) is 0 Å². The maximum Gasteiger partial charge on any atom is 0.0897 e. The van der Waals surface area contributed by atoms with Crippen molar-refractivity contribution in [3.05, 3.63) is 35.9 Å². The van der Waals surface area contributed by atoms with Gasteiger partial charge in [0, 0.05) is 13.1 Å². The third-order valence-corrected chi connectivity index (χ3v) is 4.21. The van der Waals surface area contributed by atoms with Crippen LogP contribution >= 0.6 is 0 Å². The van der Waals surface area contributed by atoms with Crippen LogP contribution in [0.5, 0.6) is 0 Å². The molecule has 1 aromatic rings. The molecule has 1 aliphatic rings. The van der Waals surface area contributed by atoms with Crippen molar-refractivity contribution >= 4 is 0 Å². The quantitative estimate of drug-likeness (QED) is 0.685. The largest absolute Gasteiger partial charge is 0.393 e. The van der Waals surface area contributed by atoms with Gasteiger partial charge in [-0.1, -0.05) is 36.8 Å². The summed E-state index contributed by atoms with van der Waals surface area (Å²) in [4.78, 5) is 0. The Labute approximate surface area is 127 Å². The summed E-state index contributed by atoms with van der Waals surface area (Å²) in [5.41, 5.74) is 1.12. The van der Waals surface area contributed by atoms with E-state index in [-0.39, 0.29) is 12.2 Å². The van der Waals surface area contributed by atoms with Gasteiger partial charge in [0.25, 0.3) is 0 Å². The fraction of sp³-hybridized carbons (Fsp3) is 0.647. The number of aliphatic hydroxyl groups is 2. The molecule has 0 saturated heterocycles. The van der Waals surface area contributed by atoms with E-state index in [1.807, 2.05) is 37.3 Å². The highest BCUT2D eigenvalue weighted by Crippen LogP contribution is 2.24. The Balaban J connectivity index is 1.60. The van der Waals surface area contributed by atoms with E-state index in [1.165, 1.54) is 0 Å². The van der Waals surface area contributed by atoms with E-state index in [4.69, 9.17) is 4.74 Å². The molecule has 0 aromatic heterocycles. The first-order chi connectivity index (χ1) is 10.2. The number of benzene rings is 1. The first-order valence-corrected chi connectivity index (χ1v) is 7.90. The zero-order valence-corrected chi connectivity index (χ0v) is 12.7. The number of hydrogen-bond acceptors (Lipinski definition) is 4. The Hall–Kier alpha value is -0.940. The Kier molecular flexibility index (Phi) is 6.64. The van der Waals surface area contributed by atoms with Crippen LogP contribution in [0, 0.1) is 5.92 Å². The van der Waals surface area contributed by atoms with Crippen molar-refractivity contribution in [1.82, 2.24) is 5.32 Å². The van der Waals surface area contributed by atoms with Gasteiger partial charge in [0.2, 0.25) is 0 Å². The van der Waals surface area contributed by atoms with Gasteiger partial charge in [-0.2, -0.15) is 0 Å². The number of nitrogens with one attached hydrogen (secondary N) is 1. The zero-order chi connectivity index (χ0) is 15.1. The molecule has 4 nitrogen and oxygen atoms in total. The van der Waals surface area contributed by atoms with Crippen LogP contribution in [-0.2, 0) is 4.74 Å². The minimum absolute atomic E-state index is 0.0162. The predicted molar refractivity (Wildman–Crippen MR) is 83.0 cm³/mol. The van der Waals surface area contributed by atoms with E-state index >= 15 is 0 Å². The molecular formula is C17H27NO3. The fourth-order valence-electron chi connectivity index (χ4n) is 2.83. The molecule has 0 bridgehead atoms. The maximum atomic E-state index is 9.93. The second-order valence-corrected chi connectivity index (χ2v) is 5.96. The Morgan fingerprint density at radius 2 is 2.05 bits per heavy atom. The molecule has 1 saturated carbocycles. The van der Waals surface area contributed by atoms with Crippen LogP contribution in [0.2, 0.25) is 0 Å². The van der Waals surface area contributed by atoms with Crippen molar-refractivity contribution < 1.29 is 14.9 Å². The van der Waals surface area contributed by atoms with Crippen molar-refractivity contribution in [3.63, 3.8) is 0 Å². The highest BCUT2D eigenvalue weighted by Gasteiger charge is 2.24. The average Bonchev–Trinajstić information content (AvgIpc) is 2.91. The van der Waals surface area contributed by atoms with E-state index in [0.717, 1.165) is 31.4 Å². The molecule has 0 aliphatic heterocycles. The topological polar surface area (TPSA) is 61.7 Å². The molecule has 0 amide bonds. The van der Waals surface area contributed by atoms with Gasteiger partial charge in [0.1, 0.15) is 0 Å². The predicted octanol–water partition coefficient (Wildman–Crippen LogP) is 1.88. The van der Waals surface area contributed by atoms with Crippen LogP contribution in [0.25, 0.3) is 0 Å². The smallest absolute Gasteiger partial charge is 0.0897 e. The SMILES string of the molecule is CC(OCC(O)CNCC1CCCC1O)c1ccccc1. The van der Waals surface area contributed by atoms with Gasteiger partial charge < -0.3 is 20.3 Å². The van der Waals surface area contributed by atoms with Crippen molar-refractivity contribution in [3.8, 4) is 0 Å². The summed E-state index contributed by atoms with van der Waals surface area (Å²) in [6, 6.07) is 10.0. The van der Waals surface area contributed by atoms with Gasteiger partial charge in [0.05, 0.1) is 24.9 Å². The summed E-state index contributed by atoms with van der Waals surface area (Å²) in [6.07, 6.45) is 2.38. The molecule has 1 fully saturated rings. The summed E-state index contributed by atoms with van der Waals surface area (Å²) in [6.45, 7) is 3.58. The Morgan fingerprint density at radius 3 is 2.71 bits per heavy atom. The molecule has 0 spiro atoms. The van der Waals surface area contributed by atoms with Crippen molar-refractivity contribution in [2.24, 2.45) is 5.92 Å². The standard InChI is InChI=1S/C17H27NO3/c1-13(14-6-3-2-4-7-14)21-12-16(19)11-18-10-15-8-5-9-17(15)20/h2-4,6-7,13,15-20H,5,8-12H2,1H3. The molecule has 0 radical (unpaired) electrons. The second kappa shape index (κ2) is 8.49. The summed E-state index contributed by atoms with van der Waals surface area (Å²) in [5, 5.41) is 22.9. The van der Waals surface area contributed by atoms with Gasteiger partial charge in [-0.15, -0.1) is 0 Å². The zero-order valence-electron chi connectivity index (χ0n) is 12.7. The molecule has 4 heteroatoms. The van der Waals surface area contributed by atoms with Crippen LogP contribution in [0.1, 0.15) is 37.9 Å². The van der Waals surface area contributed by atoms with Crippen molar-refractivity contribution in [2.75, 3.05) is 19.7 Å². The molecule has 118 valence electrons. The van der Waals surface area contributed by atoms with Crippen LogP contribution in [0.15, 0.2) is 30.3 Å². The van der Waals surface area contributed by atoms with E-state index in [1.54, 1.807) is 0 Å². The molecule has 3 N–H and O–H groups in total. The van der Waals surface area contributed by atoms with E-state index in [0.29, 0.717) is 19.1 Å². The lowest BCUT2D eigenvalue weighted by atomic mass is 10.1. The summed E-state index contributed by atoms with van der Waals surface area (Å²) < 4.78 is 5.69. The summed E-state index contributed by atoms with van der Waals surface area (Å²) >= 11 is 0. The minimum atomic E-state index is -0.519. The van der Waals surface area contributed by atoms with Gasteiger partial charge >= 0.3 is 0 Å². The number of rotatable bonds is 8. The number of aliphatic hydroxyl groups excluding tert-OH is 2. The van der Waals surface area contributed by atoms with Crippen LogP contribution in [-0.4, -0.2) is 42.1 Å². The van der Waals surface area contributed by atoms with Crippen LogP contribution in [0.3, 0.4) is 0 Å². The van der Waals surface area contributed by atoms with Gasteiger partial charge in [-0.25, -0.2) is 0 Å². The van der Waals surface area contributed by atoms with E-state index in [2.05, 4.69) is 5.32 Å². The van der Waals surface area contributed by atoms with Crippen molar-refractivity contribution in [2.45, 2.75) is 44.5 Å². The van der Waals surface area contributed by atoms with Gasteiger partial charge in [-0.05, 0) is 31.2 Å². The first-order valence-electron chi connectivity index (χ1n) is 7.90. The molecule has 4 atom stereocenters. The van der Waals surface area contributed by atoms with Gasteiger partial charge in [-0.3, -0.25) is 0 Å². The second-order valence-electron chi connectivity index (χ2n) is 5.96. The minimum Gasteiger partial charge on any atom is -0.393 e. The lowest BCUT2D eigenvalue weighted by Gasteiger charge is -2.19. The molecule has 21 heavy (non-hydrogen) atoms. The number of hydrogen-bond donors (Lipinski definition) is 3. The molecule has 4 unspecified atom stereocenters. The van der Waals surface area contributed by atoms with Gasteiger partial charge in [0.15, 0.2) is 0 Å². The number of ether oxygens (including phenoxy) is 1. The third kappa shape index (κ3) is 5.40. The average molecular weight is 293 g/mol. The van der Waals surface area contributed by atoms with E-state index in [9.17, 15) is 10.2 Å². The summed E-state index contributed by atoms with van der Waals surface area (Å²) in [7, 11) is 0. The highest BCUT2D eigenvalue weighted by molar-refractivity contribution is 5.16. The molecule has 1 aromatic carbocycles. The Bertz CT molecular complexity index is 398. The first kappa shape index (κ1) is 16.4. The molecule has 1 aliphatic carbocycles. The molecular weight excluding hydrogens is 266 g/mol. The molecule has 2 rings (SSSR count). The van der Waals surface area contributed by atoms with Crippen LogP contribution < -0.4 is 5.32 Å². The third-order valence-electron chi connectivity index (χ3n) is 4.21. The fourth-order valence-corrected chi connectivity index (χ4v) is 2.83. The lowest BCUT2D eigenvalue weighted by Crippen LogP contribution is -2.35. The normalized spacial score (nSPS) is 24.9. The summed E-state index contributed by atoms with van der Waals surface area (Å²) in [5.74, 6) is 0.335. The lowest BCUT2D eigenvalue weighted by molar-refractivity contribution is -0.00270. The van der Waals surface area contributed by atoms with Crippen molar-refractivity contribution in [1.29, 1.82) is 0 Å². The Morgan fingerprint density at radius 1 is 1.29 bits per heavy atom. The highest BCUT2D eigenvalue weighted by atomic mass is 16.5.